The van der Waals surface area contributed by atoms with E-state index in [0.29, 0.717) is 18.2 Å². The molecule has 7 nitrogen and oxygen atoms in total. The van der Waals surface area contributed by atoms with Crippen molar-refractivity contribution in [3.63, 3.8) is 0 Å². The van der Waals surface area contributed by atoms with Crippen LogP contribution in [0.25, 0.3) is 0 Å². The van der Waals surface area contributed by atoms with Gasteiger partial charge in [0.15, 0.2) is 0 Å². The van der Waals surface area contributed by atoms with Gasteiger partial charge in [0, 0.05) is 18.4 Å². The van der Waals surface area contributed by atoms with E-state index < -0.39 is 0 Å². The molecule has 3 N–H and O–H groups in total. The largest absolute Gasteiger partial charge is 0.349 e. The highest BCUT2D eigenvalue weighted by Gasteiger charge is 2.24. The van der Waals surface area contributed by atoms with E-state index in [1.54, 1.807) is 25.0 Å². The zero-order valence-electron chi connectivity index (χ0n) is 13.8. The van der Waals surface area contributed by atoms with Crippen LogP contribution in [-0.4, -0.2) is 38.2 Å². The van der Waals surface area contributed by atoms with Crippen molar-refractivity contribution in [3.8, 4) is 0 Å². The number of carbonyl (C=O) groups excluding carboxylic acids is 1. The van der Waals surface area contributed by atoms with Crippen molar-refractivity contribution in [2.24, 2.45) is 5.73 Å². The van der Waals surface area contributed by atoms with Gasteiger partial charge in [-0.1, -0.05) is 0 Å². The van der Waals surface area contributed by atoms with Crippen molar-refractivity contribution in [1.29, 1.82) is 0 Å². The first-order valence-electron chi connectivity index (χ1n) is 8.55. The number of pyridine rings is 1. The molecule has 1 saturated carbocycles. The van der Waals surface area contributed by atoms with Crippen LogP contribution in [0.4, 0.5) is 0 Å². The maximum Gasteiger partial charge on any atom is 0.253 e. The normalized spacial score (nSPS) is 20.7. The predicted molar refractivity (Wildman–Crippen MR) is 90.4 cm³/mol. The van der Waals surface area contributed by atoms with Crippen LogP contribution in [-0.2, 0) is 6.42 Å². The molecule has 1 amide bonds. The number of aromatic nitrogens is 4. The first-order chi connectivity index (χ1) is 11.8. The van der Waals surface area contributed by atoms with Gasteiger partial charge < -0.3 is 11.1 Å². The molecule has 0 radical (unpaired) electrons. The first kappa shape index (κ1) is 16.6. The van der Waals surface area contributed by atoms with E-state index in [1.807, 2.05) is 10.7 Å². The molecule has 1 fully saturated rings. The molecule has 0 bridgehead atoms. The first-order valence-corrected chi connectivity index (χ1v) is 8.55. The van der Waals surface area contributed by atoms with Crippen LogP contribution in [0.15, 0.2) is 31.1 Å². The zero-order valence-corrected chi connectivity index (χ0v) is 13.8. The Balaban J connectivity index is 1.52. The monoisotopic (exact) mass is 328 g/mol. The highest BCUT2D eigenvalue weighted by atomic mass is 16.1. The number of amides is 1. The molecule has 1 aliphatic rings. The smallest absolute Gasteiger partial charge is 0.253 e. The van der Waals surface area contributed by atoms with Crippen molar-refractivity contribution in [1.82, 2.24) is 25.1 Å². The molecule has 0 atom stereocenters. The zero-order chi connectivity index (χ0) is 16.8. The van der Waals surface area contributed by atoms with Gasteiger partial charge in [-0.2, -0.15) is 5.10 Å². The fraction of sp³-hybridized carbons (Fsp3) is 0.529. The Morgan fingerprint density at radius 3 is 2.79 bits per heavy atom. The van der Waals surface area contributed by atoms with Crippen molar-refractivity contribution < 1.29 is 4.79 Å². The Kier molecular flexibility index (Phi) is 5.53. The molecule has 128 valence electrons. The Morgan fingerprint density at radius 2 is 2.08 bits per heavy atom. The molecule has 2 aromatic heterocycles. The molecule has 2 heterocycles. The second-order valence-electron chi connectivity index (χ2n) is 6.33. The Morgan fingerprint density at radius 1 is 1.25 bits per heavy atom. The molecule has 0 saturated heterocycles. The molecule has 0 aliphatic heterocycles. The van der Waals surface area contributed by atoms with E-state index in [-0.39, 0.29) is 11.9 Å². The van der Waals surface area contributed by atoms with Gasteiger partial charge >= 0.3 is 0 Å². The standard InChI is InChI=1S/C17H24N6O/c18-7-1-2-13-8-14(10-19-9-13)17(24)22-15-3-5-16(6-4-15)23-12-20-11-21-23/h8-12,15-16H,1-7,18H2,(H,22,24). The van der Waals surface area contributed by atoms with Crippen LogP contribution in [0.2, 0.25) is 0 Å². The van der Waals surface area contributed by atoms with Gasteiger partial charge in [-0.05, 0) is 56.7 Å². The summed E-state index contributed by atoms with van der Waals surface area (Å²) in [4.78, 5) is 20.6. The van der Waals surface area contributed by atoms with Gasteiger partial charge in [0.1, 0.15) is 12.7 Å². The number of nitrogens with zero attached hydrogens (tertiary/aromatic N) is 4. The van der Waals surface area contributed by atoms with Gasteiger partial charge in [-0.25, -0.2) is 9.67 Å². The summed E-state index contributed by atoms with van der Waals surface area (Å²) in [6, 6.07) is 2.52. The van der Waals surface area contributed by atoms with Gasteiger partial charge in [0.2, 0.25) is 0 Å². The summed E-state index contributed by atoms with van der Waals surface area (Å²) < 4.78 is 1.92. The summed E-state index contributed by atoms with van der Waals surface area (Å²) >= 11 is 0. The quantitative estimate of drug-likeness (QED) is 0.837. The molecule has 24 heavy (non-hydrogen) atoms. The Bertz CT molecular complexity index is 649. The van der Waals surface area contributed by atoms with E-state index in [0.717, 1.165) is 44.1 Å². The van der Waals surface area contributed by atoms with Gasteiger partial charge in [0.05, 0.1) is 11.6 Å². The van der Waals surface area contributed by atoms with Crippen LogP contribution >= 0.6 is 0 Å². The molecule has 2 aromatic rings. The van der Waals surface area contributed by atoms with Crippen molar-refractivity contribution >= 4 is 5.91 Å². The fourth-order valence-corrected chi connectivity index (χ4v) is 3.21. The molecular weight excluding hydrogens is 304 g/mol. The number of hydrogen-bond acceptors (Lipinski definition) is 5. The number of hydrogen-bond donors (Lipinski definition) is 2. The van der Waals surface area contributed by atoms with Gasteiger partial charge in [-0.15, -0.1) is 0 Å². The van der Waals surface area contributed by atoms with Gasteiger partial charge in [0.25, 0.3) is 5.91 Å². The highest BCUT2D eigenvalue weighted by molar-refractivity contribution is 5.94. The van der Waals surface area contributed by atoms with Crippen molar-refractivity contribution in [2.45, 2.75) is 50.6 Å². The number of nitrogens with two attached hydrogens (primary N) is 1. The van der Waals surface area contributed by atoms with E-state index in [4.69, 9.17) is 5.73 Å². The van der Waals surface area contributed by atoms with Crippen LogP contribution in [0.5, 0.6) is 0 Å². The van der Waals surface area contributed by atoms with Crippen molar-refractivity contribution in [3.05, 3.63) is 42.2 Å². The lowest BCUT2D eigenvalue weighted by Gasteiger charge is -2.29. The topological polar surface area (TPSA) is 98.7 Å². The maximum absolute atomic E-state index is 12.4. The third-order valence-electron chi connectivity index (χ3n) is 4.57. The summed E-state index contributed by atoms with van der Waals surface area (Å²) in [6.07, 6.45) is 12.4. The van der Waals surface area contributed by atoms with Crippen LogP contribution in [0, 0.1) is 0 Å². The number of nitrogens with one attached hydrogen (secondary N) is 1. The minimum absolute atomic E-state index is 0.0405. The summed E-state index contributed by atoms with van der Waals surface area (Å²) in [5, 5.41) is 7.34. The molecular formula is C17H24N6O. The lowest BCUT2D eigenvalue weighted by atomic mass is 9.91. The van der Waals surface area contributed by atoms with Crippen LogP contribution < -0.4 is 11.1 Å². The molecule has 0 aromatic carbocycles. The molecule has 1 aliphatic carbocycles. The Labute approximate surface area is 141 Å². The third-order valence-corrected chi connectivity index (χ3v) is 4.57. The second kappa shape index (κ2) is 8.01. The number of rotatable bonds is 6. The van der Waals surface area contributed by atoms with E-state index in [2.05, 4.69) is 20.4 Å². The van der Waals surface area contributed by atoms with Crippen molar-refractivity contribution in [2.75, 3.05) is 6.54 Å². The van der Waals surface area contributed by atoms with Crippen LogP contribution in [0.3, 0.4) is 0 Å². The lowest BCUT2D eigenvalue weighted by Crippen LogP contribution is -2.38. The maximum atomic E-state index is 12.4. The van der Waals surface area contributed by atoms with Gasteiger partial charge in [-0.3, -0.25) is 9.78 Å². The lowest BCUT2D eigenvalue weighted by molar-refractivity contribution is 0.0921. The summed E-state index contributed by atoms with van der Waals surface area (Å²) in [6.45, 7) is 0.644. The minimum atomic E-state index is -0.0405. The van der Waals surface area contributed by atoms with E-state index >= 15 is 0 Å². The fourth-order valence-electron chi connectivity index (χ4n) is 3.21. The molecule has 0 spiro atoms. The minimum Gasteiger partial charge on any atom is -0.349 e. The average molecular weight is 328 g/mol. The summed E-state index contributed by atoms with van der Waals surface area (Å²) in [5.41, 5.74) is 7.22. The molecule has 3 rings (SSSR count). The molecule has 7 heteroatoms. The number of carbonyl (C=O) groups is 1. The second-order valence-corrected chi connectivity index (χ2v) is 6.33. The van der Waals surface area contributed by atoms with E-state index in [1.165, 1.54) is 0 Å². The SMILES string of the molecule is NCCCc1cncc(C(=O)NC2CCC(n3cncn3)CC2)c1. The summed E-state index contributed by atoms with van der Waals surface area (Å²) in [5.74, 6) is -0.0405. The predicted octanol–water partition coefficient (Wildman–Crippen LogP) is 1.48. The molecule has 0 unspecified atom stereocenters. The Hall–Kier alpha value is -2.28. The van der Waals surface area contributed by atoms with E-state index in [9.17, 15) is 4.79 Å². The number of aryl methyl sites for hydroxylation is 1. The summed E-state index contributed by atoms with van der Waals surface area (Å²) in [7, 11) is 0. The third kappa shape index (κ3) is 4.17. The van der Waals surface area contributed by atoms with Crippen LogP contribution in [0.1, 0.15) is 54.1 Å². The average Bonchev–Trinajstić information content (AvgIpc) is 3.15. The highest BCUT2D eigenvalue weighted by Crippen LogP contribution is 2.27.